The van der Waals surface area contributed by atoms with E-state index in [9.17, 15) is 14.9 Å². The lowest BCUT2D eigenvalue weighted by Gasteiger charge is -2.04. The lowest BCUT2D eigenvalue weighted by atomic mass is 10.0. The zero-order chi connectivity index (χ0) is 18.8. The topological polar surface area (TPSA) is 85.1 Å². The highest BCUT2D eigenvalue weighted by Gasteiger charge is 2.13. The number of fused-ring (bicyclic) bond motifs is 1. The number of nitrogens with one attached hydrogen (secondary N) is 1. The van der Waals surface area contributed by atoms with Crippen molar-refractivity contribution in [3.05, 3.63) is 88.5 Å². The highest BCUT2D eigenvalue weighted by atomic mass is 32.1. The Labute approximate surface area is 158 Å². The van der Waals surface area contributed by atoms with Gasteiger partial charge in [0.1, 0.15) is 0 Å². The van der Waals surface area contributed by atoms with Gasteiger partial charge >= 0.3 is 0 Å². The largest absolute Gasteiger partial charge is 0.298 e. The molecule has 0 fully saturated rings. The Morgan fingerprint density at radius 3 is 2.37 bits per heavy atom. The first-order valence-corrected chi connectivity index (χ1v) is 8.93. The molecule has 1 N–H and O–H groups in total. The summed E-state index contributed by atoms with van der Waals surface area (Å²) in [6.07, 6.45) is 0. The fraction of sp³-hybridized carbons (Fsp3) is 0. The fourth-order valence-corrected chi connectivity index (χ4v) is 3.59. The molecule has 1 amide bonds. The van der Waals surface area contributed by atoms with Gasteiger partial charge in [-0.15, -0.1) is 0 Å². The molecule has 27 heavy (non-hydrogen) atoms. The van der Waals surface area contributed by atoms with E-state index in [-0.39, 0.29) is 11.6 Å². The Balaban J connectivity index is 1.53. The number of nitro groups is 1. The van der Waals surface area contributed by atoms with E-state index >= 15 is 0 Å². The molecule has 0 aliphatic rings. The van der Waals surface area contributed by atoms with Crippen LogP contribution in [0, 0.1) is 10.1 Å². The number of anilines is 1. The Bertz CT molecular complexity index is 1140. The average molecular weight is 375 g/mol. The van der Waals surface area contributed by atoms with Gasteiger partial charge in [0.05, 0.1) is 15.1 Å². The van der Waals surface area contributed by atoms with Crippen LogP contribution < -0.4 is 5.32 Å². The van der Waals surface area contributed by atoms with E-state index in [0.717, 1.165) is 11.1 Å². The van der Waals surface area contributed by atoms with Crippen LogP contribution in [0.5, 0.6) is 0 Å². The predicted octanol–water partition coefficient (Wildman–Crippen LogP) is 5.12. The maximum absolute atomic E-state index is 12.5. The minimum atomic E-state index is -0.453. The van der Waals surface area contributed by atoms with Crippen LogP contribution in [0.25, 0.3) is 21.3 Å². The number of hydrogen-bond acceptors (Lipinski definition) is 5. The minimum absolute atomic E-state index is 0.000488. The van der Waals surface area contributed by atoms with Crippen molar-refractivity contribution in [2.24, 2.45) is 0 Å². The molecule has 3 aromatic carbocycles. The third kappa shape index (κ3) is 3.54. The monoisotopic (exact) mass is 375 g/mol. The molecule has 7 heteroatoms. The number of carbonyl (C=O) groups excluding carboxylic acids is 1. The summed E-state index contributed by atoms with van der Waals surface area (Å²) in [6, 6.07) is 21.6. The maximum atomic E-state index is 12.5. The van der Waals surface area contributed by atoms with Crippen molar-refractivity contribution in [3.8, 4) is 11.1 Å². The number of non-ortho nitro benzene ring substituents is 1. The van der Waals surface area contributed by atoms with Crippen molar-refractivity contribution < 1.29 is 9.72 Å². The smallest absolute Gasteiger partial charge is 0.270 e. The number of carbonyl (C=O) groups is 1. The summed E-state index contributed by atoms with van der Waals surface area (Å²) in [5.41, 5.74) is 3.23. The third-order valence-electron chi connectivity index (χ3n) is 4.06. The summed E-state index contributed by atoms with van der Waals surface area (Å²) in [7, 11) is 0. The number of rotatable bonds is 4. The second kappa shape index (κ2) is 6.97. The first kappa shape index (κ1) is 16.9. The summed E-state index contributed by atoms with van der Waals surface area (Å²) in [6.45, 7) is 0. The normalized spacial score (nSPS) is 10.7. The zero-order valence-electron chi connectivity index (χ0n) is 14.0. The zero-order valence-corrected chi connectivity index (χ0v) is 14.8. The molecule has 0 unspecified atom stereocenters. The SMILES string of the molecule is O=C(Nc1nc2ccc([N+](=O)[O-])cc2s1)c1ccc(-c2ccccc2)cc1. The molecular formula is C20H13N3O3S. The van der Waals surface area contributed by atoms with E-state index in [0.29, 0.717) is 20.9 Å². The summed E-state index contributed by atoms with van der Waals surface area (Å²) in [5.74, 6) is -0.275. The van der Waals surface area contributed by atoms with Gasteiger partial charge in [-0.3, -0.25) is 20.2 Å². The Hall–Kier alpha value is -3.58. The molecule has 0 saturated carbocycles. The van der Waals surface area contributed by atoms with Crippen molar-refractivity contribution in [1.29, 1.82) is 0 Å². The van der Waals surface area contributed by atoms with Gasteiger partial charge in [-0.1, -0.05) is 53.8 Å². The number of nitro benzene ring substituents is 1. The lowest BCUT2D eigenvalue weighted by Crippen LogP contribution is -2.11. The summed E-state index contributed by atoms with van der Waals surface area (Å²) < 4.78 is 0.652. The van der Waals surface area contributed by atoms with Gasteiger partial charge in [-0.05, 0) is 29.3 Å². The molecule has 0 aliphatic heterocycles. The van der Waals surface area contributed by atoms with E-state index in [4.69, 9.17) is 0 Å². The van der Waals surface area contributed by atoms with E-state index in [2.05, 4.69) is 10.3 Å². The first-order chi connectivity index (χ1) is 13.1. The summed E-state index contributed by atoms with van der Waals surface area (Å²) >= 11 is 1.20. The quantitative estimate of drug-likeness (QED) is 0.396. The molecule has 0 atom stereocenters. The Morgan fingerprint density at radius 2 is 1.67 bits per heavy atom. The van der Waals surface area contributed by atoms with Gasteiger partial charge in [-0.2, -0.15) is 0 Å². The van der Waals surface area contributed by atoms with E-state index < -0.39 is 4.92 Å². The number of hydrogen-bond donors (Lipinski definition) is 1. The van der Waals surface area contributed by atoms with Gasteiger partial charge in [0, 0.05) is 17.7 Å². The molecule has 6 nitrogen and oxygen atoms in total. The second-order valence-electron chi connectivity index (χ2n) is 5.83. The van der Waals surface area contributed by atoms with Gasteiger partial charge in [-0.25, -0.2) is 4.98 Å². The fourth-order valence-electron chi connectivity index (χ4n) is 2.69. The van der Waals surface area contributed by atoms with Gasteiger partial charge < -0.3 is 0 Å². The molecule has 1 heterocycles. The summed E-state index contributed by atoms with van der Waals surface area (Å²) in [5, 5.41) is 14.0. The minimum Gasteiger partial charge on any atom is -0.298 e. The van der Waals surface area contributed by atoms with Crippen LogP contribution in [0.1, 0.15) is 10.4 Å². The van der Waals surface area contributed by atoms with Gasteiger partial charge in [0.15, 0.2) is 5.13 Å². The highest BCUT2D eigenvalue weighted by molar-refractivity contribution is 7.22. The third-order valence-corrected chi connectivity index (χ3v) is 4.99. The van der Waals surface area contributed by atoms with Crippen LogP contribution >= 0.6 is 11.3 Å². The molecule has 0 spiro atoms. The molecule has 132 valence electrons. The number of amides is 1. The molecular weight excluding hydrogens is 362 g/mol. The van der Waals surface area contributed by atoms with Crippen LogP contribution in [0.2, 0.25) is 0 Å². The number of benzene rings is 3. The molecule has 4 rings (SSSR count). The predicted molar refractivity (Wildman–Crippen MR) is 106 cm³/mol. The standard InChI is InChI=1S/C20H13N3O3S/c24-19(15-8-6-14(7-9-15)13-4-2-1-3-5-13)22-20-21-17-11-10-16(23(25)26)12-18(17)27-20/h1-12H,(H,21,22,24). The van der Waals surface area contributed by atoms with Crippen LogP contribution in [0.3, 0.4) is 0 Å². The number of aromatic nitrogens is 1. The van der Waals surface area contributed by atoms with E-state index in [1.165, 1.54) is 23.5 Å². The lowest BCUT2D eigenvalue weighted by molar-refractivity contribution is -0.384. The van der Waals surface area contributed by atoms with Crippen molar-refractivity contribution in [1.82, 2.24) is 4.98 Å². The Kier molecular flexibility index (Phi) is 4.35. The molecule has 0 aliphatic carbocycles. The van der Waals surface area contributed by atoms with Crippen molar-refractivity contribution in [2.45, 2.75) is 0 Å². The maximum Gasteiger partial charge on any atom is 0.270 e. The van der Waals surface area contributed by atoms with Crippen molar-refractivity contribution >= 4 is 38.3 Å². The highest BCUT2D eigenvalue weighted by Crippen LogP contribution is 2.29. The molecule has 0 radical (unpaired) electrons. The van der Waals surface area contributed by atoms with Crippen LogP contribution in [-0.2, 0) is 0 Å². The summed E-state index contributed by atoms with van der Waals surface area (Å²) in [4.78, 5) is 27.2. The van der Waals surface area contributed by atoms with Crippen LogP contribution in [0.15, 0.2) is 72.8 Å². The van der Waals surface area contributed by atoms with E-state index in [1.54, 1.807) is 18.2 Å². The van der Waals surface area contributed by atoms with Gasteiger partial charge in [0.25, 0.3) is 11.6 Å². The Morgan fingerprint density at radius 1 is 0.963 bits per heavy atom. The van der Waals surface area contributed by atoms with E-state index in [1.807, 2.05) is 42.5 Å². The van der Waals surface area contributed by atoms with Crippen molar-refractivity contribution in [2.75, 3.05) is 5.32 Å². The first-order valence-electron chi connectivity index (χ1n) is 8.12. The molecule has 0 bridgehead atoms. The molecule has 1 aromatic heterocycles. The molecule has 0 saturated heterocycles. The van der Waals surface area contributed by atoms with Crippen LogP contribution in [0.4, 0.5) is 10.8 Å². The van der Waals surface area contributed by atoms with Crippen molar-refractivity contribution in [3.63, 3.8) is 0 Å². The second-order valence-corrected chi connectivity index (χ2v) is 6.86. The number of thiazole rings is 1. The number of nitrogens with zero attached hydrogens (tertiary/aromatic N) is 2. The average Bonchev–Trinajstić information content (AvgIpc) is 3.10. The van der Waals surface area contributed by atoms with Crippen LogP contribution in [-0.4, -0.2) is 15.8 Å². The molecule has 4 aromatic rings. The van der Waals surface area contributed by atoms with Gasteiger partial charge in [0.2, 0.25) is 0 Å².